The fourth-order valence-corrected chi connectivity index (χ4v) is 2.17. The molecule has 0 amide bonds. The Labute approximate surface area is 114 Å². The molecule has 0 spiro atoms. The van der Waals surface area contributed by atoms with E-state index < -0.39 is 0 Å². The third kappa shape index (κ3) is 2.93. The highest BCUT2D eigenvalue weighted by Gasteiger charge is 2.03. The van der Waals surface area contributed by atoms with Gasteiger partial charge in [0, 0.05) is 15.2 Å². The summed E-state index contributed by atoms with van der Waals surface area (Å²) in [7, 11) is 0. The Hall–Kier alpha value is -1.19. The second-order valence-electron chi connectivity index (χ2n) is 3.82. The lowest BCUT2D eigenvalue weighted by atomic mass is 10.2. The molecule has 2 rings (SSSR count). The van der Waals surface area contributed by atoms with E-state index in [4.69, 9.17) is 17.3 Å². The lowest BCUT2D eigenvalue weighted by Crippen LogP contribution is -1.97. The van der Waals surface area contributed by atoms with E-state index in [1.165, 1.54) is 0 Å². The lowest BCUT2D eigenvalue weighted by Gasteiger charge is -2.12. The zero-order valence-corrected chi connectivity index (χ0v) is 11.6. The third-order valence-electron chi connectivity index (χ3n) is 2.47. The van der Waals surface area contributed by atoms with Crippen LogP contribution < -0.4 is 11.1 Å². The molecule has 0 saturated heterocycles. The van der Waals surface area contributed by atoms with Crippen LogP contribution in [-0.4, -0.2) is 0 Å². The molecule has 4 heteroatoms. The van der Waals surface area contributed by atoms with Gasteiger partial charge in [-0.1, -0.05) is 27.5 Å². The number of anilines is 3. The van der Waals surface area contributed by atoms with Crippen molar-refractivity contribution in [2.24, 2.45) is 0 Å². The molecular formula is C13H12BrClN2. The Morgan fingerprint density at radius 2 is 1.82 bits per heavy atom. The van der Waals surface area contributed by atoms with E-state index in [0.717, 1.165) is 26.4 Å². The highest BCUT2D eigenvalue weighted by atomic mass is 79.9. The van der Waals surface area contributed by atoms with E-state index in [2.05, 4.69) is 21.2 Å². The predicted octanol–water partition coefficient (Wildman–Crippen LogP) is 4.74. The van der Waals surface area contributed by atoms with Crippen LogP contribution in [0.4, 0.5) is 17.1 Å². The van der Waals surface area contributed by atoms with Gasteiger partial charge in [0.05, 0.1) is 11.4 Å². The Morgan fingerprint density at radius 3 is 2.47 bits per heavy atom. The molecule has 88 valence electrons. The van der Waals surface area contributed by atoms with Crippen molar-refractivity contribution < 1.29 is 0 Å². The van der Waals surface area contributed by atoms with Crippen molar-refractivity contribution in [1.29, 1.82) is 0 Å². The Kier molecular flexibility index (Phi) is 3.60. The number of benzene rings is 2. The van der Waals surface area contributed by atoms with Gasteiger partial charge in [-0.2, -0.15) is 0 Å². The van der Waals surface area contributed by atoms with Crippen molar-refractivity contribution in [1.82, 2.24) is 0 Å². The number of hydrogen-bond acceptors (Lipinski definition) is 2. The number of rotatable bonds is 2. The second kappa shape index (κ2) is 4.98. The number of nitrogen functional groups attached to an aromatic ring is 1. The molecule has 2 nitrogen and oxygen atoms in total. The Bertz CT molecular complexity index is 506. The van der Waals surface area contributed by atoms with Gasteiger partial charge in [0.1, 0.15) is 0 Å². The third-order valence-corrected chi connectivity index (χ3v) is 3.20. The van der Waals surface area contributed by atoms with E-state index in [-0.39, 0.29) is 0 Å². The van der Waals surface area contributed by atoms with Crippen LogP contribution in [0.25, 0.3) is 0 Å². The van der Waals surface area contributed by atoms with E-state index in [9.17, 15) is 0 Å². The maximum atomic E-state index is 5.93. The minimum Gasteiger partial charge on any atom is -0.397 e. The molecule has 0 aliphatic heterocycles. The van der Waals surface area contributed by atoms with Gasteiger partial charge in [-0.05, 0) is 48.9 Å². The monoisotopic (exact) mass is 310 g/mol. The number of aryl methyl sites for hydroxylation is 1. The molecule has 0 atom stereocenters. The van der Waals surface area contributed by atoms with Crippen LogP contribution in [-0.2, 0) is 0 Å². The highest BCUT2D eigenvalue weighted by molar-refractivity contribution is 9.10. The minimum atomic E-state index is 0.703. The molecule has 3 N–H and O–H groups in total. The van der Waals surface area contributed by atoms with Gasteiger partial charge < -0.3 is 11.1 Å². The van der Waals surface area contributed by atoms with Crippen LogP contribution in [0.1, 0.15) is 5.56 Å². The summed E-state index contributed by atoms with van der Waals surface area (Å²) in [5, 5.41) is 4.02. The predicted molar refractivity (Wildman–Crippen MR) is 78.0 cm³/mol. The van der Waals surface area contributed by atoms with E-state index in [1.807, 2.05) is 43.3 Å². The molecule has 0 heterocycles. The first-order valence-electron chi connectivity index (χ1n) is 5.14. The summed E-state index contributed by atoms with van der Waals surface area (Å²) in [6, 6.07) is 11.5. The van der Waals surface area contributed by atoms with Gasteiger partial charge in [-0.3, -0.25) is 0 Å². The summed E-state index contributed by atoms with van der Waals surface area (Å²) in [4.78, 5) is 0. The number of halogens is 2. The topological polar surface area (TPSA) is 38.0 Å². The fraction of sp³-hybridized carbons (Fsp3) is 0.0769. The summed E-state index contributed by atoms with van der Waals surface area (Å²) in [5.74, 6) is 0. The molecule has 0 unspecified atom stereocenters. The van der Waals surface area contributed by atoms with Crippen LogP contribution in [0.3, 0.4) is 0 Å². The molecule has 0 bridgehead atoms. The summed E-state index contributed by atoms with van der Waals surface area (Å²) < 4.78 is 0.966. The first-order chi connectivity index (χ1) is 8.06. The zero-order valence-electron chi connectivity index (χ0n) is 9.30. The zero-order chi connectivity index (χ0) is 12.4. The first kappa shape index (κ1) is 12.3. The van der Waals surface area contributed by atoms with E-state index >= 15 is 0 Å². The van der Waals surface area contributed by atoms with Gasteiger partial charge in [0.15, 0.2) is 0 Å². The quantitative estimate of drug-likeness (QED) is 0.786. The Morgan fingerprint density at radius 1 is 1.12 bits per heavy atom. The molecule has 17 heavy (non-hydrogen) atoms. The maximum absolute atomic E-state index is 5.93. The van der Waals surface area contributed by atoms with Crippen molar-refractivity contribution in [3.8, 4) is 0 Å². The number of hydrogen-bond donors (Lipinski definition) is 2. The average molecular weight is 312 g/mol. The van der Waals surface area contributed by atoms with Gasteiger partial charge in [0.2, 0.25) is 0 Å². The molecule has 0 fully saturated rings. The minimum absolute atomic E-state index is 0.703. The van der Waals surface area contributed by atoms with Gasteiger partial charge in [-0.15, -0.1) is 0 Å². The molecule has 0 aliphatic rings. The van der Waals surface area contributed by atoms with E-state index in [1.54, 1.807) is 0 Å². The average Bonchev–Trinajstić information content (AvgIpc) is 2.25. The van der Waals surface area contributed by atoms with Gasteiger partial charge in [-0.25, -0.2) is 0 Å². The molecule has 0 saturated carbocycles. The number of nitrogens with two attached hydrogens (primary N) is 1. The van der Waals surface area contributed by atoms with Crippen molar-refractivity contribution in [3.05, 3.63) is 51.5 Å². The van der Waals surface area contributed by atoms with Crippen LogP contribution in [0, 0.1) is 6.92 Å². The van der Waals surface area contributed by atoms with Gasteiger partial charge >= 0.3 is 0 Å². The highest BCUT2D eigenvalue weighted by Crippen LogP contribution is 2.28. The molecule has 0 aromatic heterocycles. The SMILES string of the molecule is Cc1cc(Cl)ccc1Nc1ccc(Br)cc1N. The molecule has 0 radical (unpaired) electrons. The molecule has 2 aromatic rings. The van der Waals surface area contributed by atoms with Crippen molar-refractivity contribution in [2.75, 3.05) is 11.1 Å². The maximum Gasteiger partial charge on any atom is 0.0618 e. The van der Waals surface area contributed by atoms with Crippen LogP contribution in [0.15, 0.2) is 40.9 Å². The smallest absolute Gasteiger partial charge is 0.0618 e. The molecule has 2 aromatic carbocycles. The van der Waals surface area contributed by atoms with Crippen molar-refractivity contribution >= 4 is 44.6 Å². The molecular weight excluding hydrogens is 300 g/mol. The second-order valence-corrected chi connectivity index (χ2v) is 5.17. The van der Waals surface area contributed by atoms with E-state index in [0.29, 0.717) is 5.69 Å². The summed E-state index contributed by atoms with van der Waals surface area (Å²) in [5.41, 5.74) is 9.61. The van der Waals surface area contributed by atoms with Gasteiger partial charge in [0.25, 0.3) is 0 Å². The van der Waals surface area contributed by atoms with Crippen LogP contribution >= 0.6 is 27.5 Å². The normalized spacial score (nSPS) is 10.3. The Balaban J connectivity index is 2.31. The molecule has 0 aliphatic carbocycles. The summed E-state index contributed by atoms with van der Waals surface area (Å²) >= 11 is 9.29. The number of nitrogens with one attached hydrogen (secondary N) is 1. The van der Waals surface area contributed by atoms with Crippen LogP contribution in [0.2, 0.25) is 5.02 Å². The first-order valence-corrected chi connectivity index (χ1v) is 6.31. The summed E-state index contributed by atoms with van der Waals surface area (Å²) in [6.07, 6.45) is 0. The summed E-state index contributed by atoms with van der Waals surface area (Å²) in [6.45, 7) is 2.00. The van der Waals surface area contributed by atoms with Crippen LogP contribution in [0.5, 0.6) is 0 Å². The lowest BCUT2D eigenvalue weighted by molar-refractivity contribution is 1.43. The van der Waals surface area contributed by atoms with Crippen molar-refractivity contribution in [3.63, 3.8) is 0 Å². The largest absolute Gasteiger partial charge is 0.397 e. The fourth-order valence-electron chi connectivity index (χ4n) is 1.56. The standard InChI is InChI=1S/C13H12BrClN2/c1-8-6-10(15)3-5-12(8)17-13-4-2-9(14)7-11(13)16/h2-7,17H,16H2,1H3. The van der Waals surface area contributed by atoms with Crippen molar-refractivity contribution in [2.45, 2.75) is 6.92 Å².